The summed E-state index contributed by atoms with van der Waals surface area (Å²) in [7, 11) is -1.70. The largest absolute Gasteiger partial charge is 0.465 e. The van der Waals surface area contributed by atoms with Gasteiger partial charge in [0, 0.05) is 11.1 Å². The van der Waals surface area contributed by atoms with Gasteiger partial charge in [0.25, 0.3) is 5.91 Å². The lowest BCUT2D eigenvalue weighted by molar-refractivity contribution is 0.0601. The second-order valence-electron chi connectivity index (χ2n) is 11.6. The molecular formula is C27H39NO3Si2. The van der Waals surface area contributed by atoms with E-state index in [0.29, 0.717) is 16.7 Å². The van der Waals surface area contributed by atoms with Gasteiger partial charge in [-0.05, 0) is 49.6 Å². The molecule has 2 aromatic carbocycles. The molecule has 1 N–H and O–H groups in total. The summed E-state index contributed by atoms with van der Waals surface area (Å²) < 4.78 is 4.99. The van der Waals surface area contributed by atoms with E-state index in [1.807, 2.05) is 45.0 Å². The molecule has 0 aliphatic rings. The van der Waals surface area contributed by atoms with Crippen LogP contribution in [0.1, 0.15) is 47.1 Å². The molecule has 0 bridgehead atoms. The van der Waals surface area contributed by atoms with E-state index in [-0.39, 0.29) is 11.4 Å². The fourth-order valence-electron chi connectivity index (χ4n) is 4.21. The van der Waals surface area contributed by atoms with Crippen molar-refractivity contribution in [1.29, 1.82) is 0 Å². The van der Waals surface area contributed by atoms with E-state index in [2.05, 4.69) is 56.7 Å². The average molecular weight is 482 g/mol. The monoisotopic (exact) mass is 481 g/mol. The number of amides is 1. The Kier molecular flexibility index (Phi) is 7.97. The summed E-state index contributed by atoms with van der Waals surface area (Å²) in [5.41, 5.74) is 3.04. The smallest absolute Gasteiger partial charge is 0.338 e. The summed E-state index contributed by atoms with van der Waals surface area (Å²) in [5.74, 6) is -0.577. The highest BCUT2D eigenvalue weighted by molar-refractivity contribution is 7.05. The third kappa shape index (κ3) is 7.02. The Morgan fingerprint density at radius 2 is 1.39 bits per heavy atom. The lowest BCUT2D eigenvalue weighted by Crippen LogP contribution is -2.41. The molecule has 0 atom stereocenters. The number of esters is 1. The van der Waals surface area contributed by atoms with Gasteiger partial charge in [-0.3, -0.25) is 4.79 Å². The summed E-state index contributed by atoms with van der Waals surface area (Å²) in [4.78, 5) is 27.4. The lowest BCUT2D eigenvalue weighted by atomic mass is 9.93. The third-order valence-electron chi connectivity index (χ3n) is 5.33. The summed E-state index contributed by atoms with van der Waals surface area (Å²) in [6.45, 7) is 20.2. The maximum Gasteiger partial charge on any atom is 0.338 e. The van der Waals surface area contributed by atoms with Crippen LogP contribution in [-0.4, -0.2) is 40.7 Å². The van der Waals surface area contributed by atoms with Gasteiger partial charge in [-0.1, -0.05) is 80.5 Å². The zero-order valence-corrected chi connectivity index (χ0v) is 23.8. The molecule has 1 amide bonds. The highest BCUT2D eigenvalue weighted by atomic mass is 28.4. The van der Waals surface area contributed by atoms with Gasteiger partial charge in [0.2, 0.25) is 0 Å². The summed E-state index contributed by atoms with van der Waals surface area (Å²) in [6.07, 6.45) is 2.31. The fourth-order valence-corrected chi connectivity index (χ4v) is 14.4. The summed E-state index contributed by atoms with van der Waals surface area (Å²) in [6, 6.07) is 13.2. The van der Waals surface area contributed by atoms with Crippen LogP contribution in [0, 0.1) is 0 Å². The SMILES string of the molecule is COC(=O)c1ccccc1-c1ccc(C=C([Si](C)(C)C)[Si](C)(C)C)cc1C(=O)NC(C)(C)C. The van der Waals surface area contributed by atoms with Crippen molar-refractivity contribution < 1.29 is 14.3 Å². The third-order valence-corrected chi connectivity index (χ3v) is 13.3. The van der Waals surface area contributed by atoms with E-state index in [1.165, 1.54) is 7.11 Å². The standard InChI is InChI=1S/C27H39NO3Si2/c1-27(2,3)28-25(29)23-17-19(18-24(32(5,6)7)33(8,9)10)15-16-21(23)20-13-11-12-14-22(20)26(30)31-4/h11-18H,1-10H3,(H,28,29). The van der Waals surface area contributed by atoms with E-state index in [0.717, 1.165) is 11.1 Å². The number of hydrogen-bond acceptors (Lipinski definition) is 3. The van der Waals surface area contributed by atoms with Crippen molar-refractivity contribution in [1.82, 2.24) is 5.32 Å². The molecular weight excluding hydrogens is 442 g/mol. The molecule has 6 heteroatoms. The minimum absolute atomic E-state index is 0.157. The van der Waals surface area contributed by atoms with Crippen molar-refractivity contribution in [2.45, 2.75) is 65.6 Å². The highest BCUT2D eigenvalue weighted by Crippen LogP contribution is 2.32. The van der Waals surface area contributed by atoms with E-state index >= 15 is 0 Å². The minimum Gasteiger partial charge on any atom is -0.465 e. The molecule has 0 spiro atoms. The number of methoxy groups -OCH3 is 1. The second kappa shape index (κ2) is 9.81. The predicted molar refractivity (Wildman–Crippen MR) is 145 cm³/mol. The Hall–Kier alpha value is -2.45. The molecule has 33 heavy (non-hydrogen) atoms. The number of ether oxygens (including phenoxy) is 1. The quantitative estimate of drug-likeness (QED) is 0.364. The normalized spacial score (nSPS) is 12.2. The van der Waals surface area contributed by atoms with Gasteiger partial charge in [0.05, 0.1) is 28.8 Å². The molecule has 178 valence electrons. The Morgan fingerprint density at radius 1 is 0.848 bits per heavy atom. The number of carbonyl (C=O) groups excluding carboxylic acids is 2. The van der Waals surface area contributed by atoms with E-state index in [1.54, 1.807) is 17.0 Å². The second-order valence-corrected chi connectivity index (χ2v) is 22.2. The van der Waals surface area contributed by atoms with Crippen LogP contribution in [0.5, 0.6) is 0 Å². The van der Waals surface area contributed by atoms with E-state index < -0.39 is 22.1 Å². The maximum atomic E-state index is 13.4. The summed E-state index contributed by atoms with van der Waals surface area (Å²) in [5, 5.41) is 3.09. The fraction of sp³-hybridized carbons (Fsp3) is 0.407. The predicted octanol–water partition coefficient (Wildman–Crippen LogP) is 6.81. The Balaban J connectivity index is 2.78. The first-order valence-electron chi connectivity index (χ1n) is 11.4. The van der Waals surface area contributed by atoms with Crippen LogP contribution in [0.25, 0.3) is 17.2 Å². The molecule has 0 aromatic heterocycles. The van der Waals surface area contributed by atoms with Crippen molar-refractivity contribution in [2.24, 2.45) is 0 Å². The molecule has 0 radical (unpaired) electrons. The highest BCUT2D eigenvalue weighted by Gasteiger charge is 2.31. The van der Waals surface area contributed by atoms with Gasteiger partial charge in [-0.25, -0.2) is 4.79 Å². The minimum atomic E-state index is -1.53. The Morgan fingerprint density at radius 3 is 1.91 bits per heavy atom. The van der Waals surface area contributed by atoms with Crippen LogP contribution in [0.15, 0.2) is 47.3 Å². The molecule has 0 unspecified atom stereocenters. The van der Waals surface area contributed by atoms with E-state index in [9.17, 15) is 9.59 Å². The van der Waals surface area contributed by atoms with Crippen LogP contribution < -0.4 is 5.32 Å². The summed E-state index contributed by atoms with van der Waals surface area (Å²) >= 11 is 0. The molecule has 0 fully saturated rings. The van der Waals surface area contributed by atoms with Gasteiger partial charge in [-0.2, -0.15) is 0 Å². The topological polar surface area (TPSA) is 55.4 Å². The van der Waals surface area contributed by atoms with Crippen LogP contribution in [0.2, 0.25) is 39.3 Å². The van der Waals surface area contributed by atoms with Gasteiger partial charge in [0.1, 0.15) is 0 Å². The first kappa shape index (κ1) is 26.8. The molecule has 4 nitrogen and oxygen atoms in total. The first-order chi connectivity index (χ1) is 15.0. The van der Waals surface area contributed by atoms with Crippen molar-refractivity contribution >= 4 is 34.1 Å². The van der Waals surface area contributed by atoms with Crippen molar-refractivity contribution in [3.8, 4) is 11.1 Å². The molecule has 2 aromatic rings. The Labute approximate surface area is 201 Å². The number of hydrogen-bond donors (Lipinski definition) is 1. The van der Waals surface area contributed by atoms with Crippen LogP contribution in [0.3, 0.4) is 0 Å². The van der Waals surface area contributed by atoms with Crippen molar-refractivity contribution in [3.05, 3.63) is 64.0 Å². The number of carbonyl (C=O) groups is 2. The maximum absolute atomic E-state index is 13.4. The lowest BCUT2D eigenvalue weighted by Gasteiger charge is -2.31. The molecule has 0 aliphatic carbocycles. The van der Waals surface area contributed by atoms with Crippen molar-refractivity contribution in [2.75, 3.05) is 7.11 Å². The van der Waals surface area contributed by atoms with E-state index in [4.69, 9.17) is 4.74 Å². The molecule has 0 heterocycles. The van der Waals surface area contributed by atoms with Crippen LogP contribution >= 0.6 is 0 Å². The number of benzene rings is 2. The zero-order valence-electron chi connectivity index (χ0n) is 21.8. The molecule has 0 saturated heterocycles. The van der Waals surface area contributed by atoms with Crippen molar-refractivity contribution in [3.63, 3.8) is 0 Å². The molecule has 2 rings (SSSR count). The van der Waals surface area contributed by atoms with Gasteiger partial charge in [-0.15, -0.1) is 0 Å². The molecule has 0 aliphatic heterocycles. The van der Waals surface area contributed by atoms with Gasteiger partial charge >= 0.3 is 5.97 Å². The van der Waals surface area contributed by atoms with Crippen LogP contribution in [-0.2, 0) is 4.74 Å². The number of rotatable bonds is 6. The first-order valence-corrected chi connectivity index (χ1v) is 18.4. The van der Waals surface area contributed by atoms with Gasteiger partial charge < -0.3 is 10.1 Å². The van der Waals surface area contributed by atoms with Crippen LogP contribution in [0.4, 0.5) is 0 Å². The molecule has 0 saturated carbocycles. The Bertz CT molecular complexity index is 1050. The van der Waals surface area contributed by atoms with Gasteiger partial charge in [0.15, 0.2) is 0 Å². The number of nitrogens with one attached hydrogen (secondary N) is 1. The zero-order chi connectivity index (χ0) is 25.2. The average Bonchev–Trinajstić information content (AvgIpc) is 2.68.